The summed E-state index contributed by atoms with van der Waals surface area (Å²) in [7, 11) is 1.66. The summed E-state index contributed by atoms with van der Waals surface area (Å²) in [5, 5.41) is 0. The molecule has 8 heavy (non-hydrogen) atoms. The summed E-state index contributed by atoms with van der Waals surface area (Å²) in [4.78, 5) is 0. The van der Waals surface area contributed by atoms with Crippen LogP contribution in [0.1, 0.15) is 12.8 Å². The molecule has 43 valence electrons. The molecule has 1 aliphatic rings. The van der Waals surface area contributed by atoms with Gasteiger partial charge in [-0.3, -0.25) is 0 Å². The van der Waals surface area contributed by atoms with Crippen LogP contribution in [0.3, 0.4) is 0 Å². The first-order valence-corrected chi connectivity index (χ1v) is 2.76. The number of rotatable bonds is 1. The third kappa shape index (κ3) is 1.12. The van der Waals surface area contributed by atoms with Crippen molar-refractivity contribution in [3.63, 3.8) is 0 Å². The molecule has 1 radical (unpaired) electrons. The van der Waals surface area contributed by atoms with Gasteiger partial charge in [-0.1, -0.05) is 6.08 Å². The lowest BCUT2D eigenvalue weighted by Crippen LogP contribution is -1.86. The molecule has 0 heterocycles. The van der Waals surface area contributed by atoms with E-state index in [1.54, 1.807) is 7.11 Å². The summed E-state index contributed by atoms with van der Waals surface area (Å²) >= 11 is 0. The quantitative estimate of drug-likeness (QED) is 0.497. The van der Waals surface area contributed by atoms with Gasteiger partial charge in [-0.15, -0.1) is 0 Å². The van der Waals surface area contributed by atoms with E-state index < -0.39 is 0 Å². The normalized spacial score (nSPS) is 17.9. The molecule has 1 aliphatic carbocycles. The zero-order valence-electron chi connectivity index (χ0n) is 4.98. The monoisotopic (exact) mass is 109 g/mol. The molecular weight excluding hydrogens is 100 g/mol. The van der Waals surface area contributed by atoms with Gasteiger partial charge in [-0.2, -0.15) is 0 Å². The number of hydrogen-bond donors (Lipinski definition) is 0. The topological polar surface area (TPSA) is 9.23 Å². The molecule has 0 N–H and O–H groups in total. The highest BCUT2D eigenvalue weighted by atomic mass is 16.5. The van der Waals surface area contributed by atoms with E-state index in [0.29, 0.717) is 0 Å². The lowest BCUT2D eigenvalue weighted by molar-refractivity contribution is 0.300. The standard InChI is InChI=1S/C7H9O/c1-8-7-5-3-2-4-6-7/h3,6H,2,4H2,1H3. The average Bonchev–Trinajstić information content (AvgIpc) is 1.90. The van der Waals surface area contributed by atoms with Crippen molar-refractivity contribution in [3.05, 3.63) is 24.0 Å². The summed E-state index contributed by atoms with van der Waals surface area (Å²) in [5.74, 6) is 0.872. The van der Waals surface area contributed by atoms with Crippen LogP contribution >= 0.6 is 0 Å². The second-order valence-electron chi connectivity index (χ2n) is 1.70. The van der Waals surface area contributed by atoms with Crippen LogP contribution in [0, 0.1) is 6.08 Å². The van der Waals surface area contributed by atoms with Crippen molar-refractivity contribution in [1.29, 1.82) is 0 Å². The second kappa shape index (κ2) is 2.55. The van der Waals surface area contributed by atoms with Gasteiger partial charge < -0.3 is 4.74 Å². The van der Waals surface area contributed by atoms with Crippen LogP contribution in [0.25, 0.3) is 0 Å². The Labute approximate surface area is 49.7 Å². The Bertz CT molecular complexity index is 122. The molecule has 0 aromatic heterocycles. The van der Waals surface area contributed by atoms with Crippen molar-refractivity contribution in [3.8, 4) is 0 Å². The van der Waals surface area contributed by atoms with Crippen LogP contribution in [0.4, 0.5) is 0 Å². The van der Waals surface area contributed by atoms with Crippen molar-refractivity contribution >= 4 is 0 Å². The molecule has 0 aliphatic heterocycles. The Morgan fingerprint density at radius 2 is 2.50 bits per heavy atom. The summed E-state index contributed by atoms with van der Waals surface area (Å²) in [6, 6.07) is 0. The summed E-state index contributed by atoms with van der Waals surface area (Å²) in [6.07, 6.45) is 9.22. The predicted octanol–water partition coefficient (Wildman–Crippen LogP) is 1.67. The van der Waals surface area contributed by atoms with E-state index in [2.05, 4.69) is 6.08 Å². The molecule has 1 nitrogen and oxygen atoms in total. The Hall–Kier alpha value is -0.720. The summed E-state index contributed by atoms with van der Waals surface area (Å²) in [6.45, 7) is 0. The van der Waals surface area contributed by atoms with Gasteiger partial charge in [-0.05, 0) is 18.9 Å². The molecule has 1 heteroatoms. The van der Waals surface area contributed by atoms with Gasteiger partial charge in [0.2, 0.25) is 0 Å². The molecule has 0 atom stereocenters. The van der Waals surface area contributed by atoms with Gasteiger partial charge in [0.05, 0.1) is 7.11 Å². The van der Waals surface area contributed by atoms with Crippen LogP contribution in [0.2, 0.25) is 0 Å². The van der Waals surface area contributed by atoms with Crippen LogP contribution < -0.4 is 0 Å². The Morgan fingerprint density at radius 1 is 1.62 bits per heavy atom. The zero-order chi connectivity index (χ0) is 5.82. The zero-order valence-corrected chi connectivity index (χ0v) is 4.98. The van der Waals surface area contributed by atoms with Crippen molar-refractivity contribution < 1.29 is 4.74 Å². The maximum absolute atomic E-state index is 4.91. The van der Waals surface area contributed by atoms with Crippen molar-refractivity contribution in [2.45, 2.75) is 12.8 Å². The predicted molar refractivity (Wildman–Crippen MR) is 32.1 cm³/mol. The minimum absolute atomic E-state index is 0.872. The third-order valence-electron chi connectivity index (χ3n) is 1.10. The smallest absolute Gasteiger partial charge is 0.122 e. The lowest BCUT2D eigenvalue weighted by Gasteiger charge is -2.01. The van der Waals surface area contributed by atoms with E-state index in [0.717, 1.165) is 18.6 Å². The van der Waals surface area contributed by atoms with E-state index >= 15 is 0 Å². The highest BCUT2D eigenvalue weighted by molar-refractivity contribution is 5.09. The highest BCUT2D eigenvalue weighted by Gasteiger charge is 1.93. The highest BCUT2D eigenvalue weighted by Crippen LogP contribution is 2.07. The third-order valence-corrected chi connectivity index (χ3v) is 1.10. The molecule has 0 aromatic carbocycles. The molecule has 1 rings (SSSR count). The van der Waals surface area contributed by atoms with Gasteiger partial charge in [0.15, 0.2) is 0 Å². The molecule has 0 spiro atoms. The number of ether oxygens (including phenoxy) is 1. The first-order chi connectivity index (χ1) is 3.93. The largest absolute Gasteiger partial charge is 0.496 e. The fraction of sp³-hybridized carbons (Fsp3) is 0.429. The Kier molecular flexibility index (Phi) is 1.73. The van der Waals surface area contributed by atoms with Crippen molar-refractivity contribution in [2.24, 2.45) is 0 Å². The average molecular weight is 109 g/mol. The van der Waals surface area contributed by atoms with Gasteiger partial charge in [-0.25, -0.2) is 0 Å². The Morgan fingerprint density at radius 3 is 2.88 bits per heavy atom. The maximum atomic E-state index is 4.91. The van der Waals surface area contributed by atoms with Crippen molar-refractivity contribution in [1.82, 2.24) is 0 Å². The summed E-state index contributed by atoms with van der Waals surface area (Å²) < 4.78 is 4.91. The SMILES string of the molecule is COC1=CCCC=[C]1. The lowest BCUT2D eigenvalue weighted by atomic mass is 10.2. The molecule has 0 aromatic rings. The molecule has 0 unspecified atom stereocenters. The van der Waals surface area contributed by atoms with Gasteiger partial charge in [0.25, 0.3) is 0 Å². The van der Waals surface area contributed by atoms with Gasteiger partial charge >= 0.3 is 0 Å². The second-order valence-corrected chi connectivity index (χ2v) is 1.70. The molecule has 0 fully saturated rings. The van der Waals surface area contributed by atoms with E-state index in [1.807, 2.05) is 12.2 Å². The van der Waals surface area contributed by atoms with Crippen LogP contribution in [-0.2, 0) is 4.74 Å². The van der Waals surface area contributed by atoms with Crippen LogP contribution in [-0.4, -0.2) is 7.11 Å². The summed E-state index contributed by atoms with van der Waals surface area (Å²) in [5.41, 5.74) is 0. The molecule has 0 bridgehead atoms. The van der Waals surface area contributed by atoms with Crippen LogP contribution in [0.15, 0.2) is 17.9 Å². The molecular formula is C7H9O. The maximum Gasteiger partial charge on any atom is 0.122 e. The van der Waals surface area contributed by atoms with Gasteiger partial charge in [0, 0.05) is 6.08 Å². The van der Waals surface area contributed by atoms with E-state index in [-0.39, 0.29) is 0 Å². The number of methoxy groups -OCH3 is 1. The minimum Gasteiger partial charge on any atom is -0.496 e. The Balaban J connectivity index is 2.51. The molecule has 0 saturated carbocycles. The first kappa shape index (κ1) is 5.42. The van der Waals surface area contributed by atoms with E-state index in [4.69, 9.17) is 4.74 Å². The number of allylic oxidation sites excluding steroid dienone is 3. The fourth-order valence-corrected chi connectivity index (χ4v) is 0.672. The molecule has 0 amide bonds. The molecule has 0 saturated heterocycles. The minimum atomic E-state index is 0.872. The van der Waals surface area contributed by atoms with Crippen molar-refractivity contribution in [2.75, 3.05) is 7.11 Å². The first-order valence-electron chi connectivity index (χ1n) is 2.76. The fourth-order valence-electron chi connectivity index (χ4n) is 0.672. The van der Waals surface area contributed by atoms with E-state index in [1.165, 1.54) is 0 Å². The van der Waals surface area contributed by atoms with E-state index in [9.17, 15) is 0 Å². The van der Waals surface area contributed by atoms with Crippen LogP contribution in [0.5, 0.6) is 0 Å². The van der Waals surface area contributed by atoms with Gasteiger partial charge in [0.1, 0.15) is 5.76 Å². The number of hydrogen-bond acceptors (Lipinski definition) is 1.